The Balaban J connectivity index is 1.49. The van der Waals surface area contributed by atoms with Crippen LogP contribution in [0.15, 0.2) is 53.5 Å². The van der Waals surface area contributed by atoms with Crippen molar-refractivity contribution < 1.29 is 14.4 Å². The molecule has 1 aromatic carbocycles. The lowest BCUT2D eigenvalue weighted by Gasteiger charge is -2.36. The molecular weight excluding hydrogens is 510 g/mol. The predicted octanol–water partition coefficient (Wildman–Crippen LogP) is 1.99. The fraction of sp³-hybridized carbons (Fsp3) is 0.448. The van der Waals surface area contributed by atoms with E-state index >= 15 is 0 Å². The van der Waals surface area contributed by atoms with Crippen LogP contribution in [0.3, 0.4) is 0 Å². The highest BCUT2D eigenvalue weighted by atomic mass is 16.2. The summed E-state index contributed by atoms with van der Waals surface area (Å²) in [5.41, 5.74) is 1.12. The predicted molar refractivity (Wildman–Crippen MR) is 147 cm³/mol. The SMILES string of the molecule is Cc1nc2n(n1)CCN(C(=O)c1ccc(=O)[nH]c1)CCCC(=O)N1CCCC[C@H]1C(=O)N[C@@H]2Cc1ccccc1. The molecule has 2 aromatic heterocycles. The number of aromatic amines is 1. The van der Waals surface area contributed by atoms with E-state index in [1.165, 1.54) is 18.3 Å². The van der Waals surface area contributed by atoms with Crippen molar-refractivity contribution in [1.29, 1.82) is 0 Å². The lowest BCUT2D eigenvalue weighted by molar-refractivity contribution is -0.142. The molecule has 0 unspecified atom stereocenters. The number of fused-ring (bicyclic) bond motifs is 2. The van der Waals surface area contributed by atoms with Crippen LogP contribution < -0.4 is 10.9 Å². The van der Waals surface area contributed by atoms with E-state index in [1.807, 2.05) is 30.3 Å². The third kappa shape index (κ3) is 6.30. The van der Waals surface area contributed by atoms with Crippen LogP contribution >= 0.6 is 0 Å². The van der Waals surface area contributed by atoms with Crippen molar-refractivity contribution in [3.8, 4) is 0 Å². The van der Waals surface area contributed by atoms with Gasteiger partial charge in [-0.05, 0) is 50.7 Å². The highest BCUT2D eigenvalue weighted by Gasteiger charge is 2.34. The third-order valence-electron chi connectivity index (χ3n) is 7.56. The van der Waals surface area contributed by atoms with Gasteiger partial charge in [0.15, 0.2) is 0 Å². The normalized spacial score (nSPS) is 20.7. The van der Waals surface area contributed by atoms with Crippen LogP contribution in [0.1, 0.15) is 65.7 Å². The van der Waals surface area contributed by atoms with Gasteiger partial charge in [0.25, 0.3) is 5.91 Å². The van der Waals surface area contributed by atoms with Gasteiger partial charge in [-0.15, -0.1) is 0 Å². The monoisotopic (exact) mass is 545 g/mol. The fourth-order valence-electron chi connectivity index (χ4n) is 5.54. The van der Waals surface area contributed by atoms with Crippen molar-refractivity contribution >= 4 is 17.7 Å². The molecule has 0 radical (unpaired) electrons. The molecule has 5 rings (SSSR count). The first-order valence-corrected chi connectivity index (χ1v) is 13.9. The van der Waals surface area contributed by atoms with Crippen LogP contribution in [-0.2, 0) is 22.6 Å². The zero-order valence-electron chi connectivity index (χ0n) is 22.7. The van der Waals surface area contributed by atoms with Crippen LogP contribution in [0.2, 0.25) is 0 Å². The van der Waals surface area contributed by atoms with Crippen molar-refractivity contribution in [1.82, 2.24) is 34.9 Å². The Bertz CT molecular complexity index is 1400. The number of hydrogen-bond donors (Lipinski definition) is 2. The van der Waals surface area contributed by atoms with Crippen LogP contribution in [0.4, 0.5) is 0 Å². The van der Waals surface area contributed by atoms with Crippen molar-refractivity contribution in [2.75, 3.05) is 19.6 Å². The summed E-state index contributed by atoms with van der Waals surface area (Å²) < 4.78 is 1.77. The maximum absolute atomic E-state index is 13.7. The Morgan fingerprint density at radius 2 is 1.80 bits per heavy atom. The van der Waals surface area contributed by atoms with Crippen molar-refractivity contribution in [3.05, 3.63) is 81.8 Å². The van der Waals surface area contributed by atoms with Gasteiger partial charge < -0.3 is 20.1 Å². The van der Waals surface area contributed by atoms with Crippen molar-refractivity contribution in [2.45, 2.75) is 64.1 Å². The number of aromatic nitrogens is 4. The first-order valence-electron chi connectivity index (χ1n) is 13.9. The summed E-state index contributed by atoms with van der Waals surface area (Å²) in [6.07, 6.45) is 4.95. The number of benzene rings is 1. The number of pyridine rings is 1. The molecular formula is C29H35N7O4. The zero-order chi connectivity index (χ0) is 28.1. The van der Waals surface area contributed by atoms with Gasteiger partial charge in [0.05, 0.1) is 18.2 Å². The number of rotatable bonds is 3. The number of amides is 3. The standard InChI is InChI=1S/C29H35N7O4/c1-20-31-27-23(18-21-8-3-2-4-9-21)32-28(39)24-10-5-6-15-35(24)26(38)11-7-14-34(16-17-36(27)33-20)29(40)22-12-13-25(37)30-19-22/h2-4,8-9,12-13,19,23-24H,5-7,10-11,14-18H2,1H3,(H,30,37)(H,32,39)/t23-,24+/m1/s1. The van der Waals surface area contributed by atoms with E-state index < -0.39 is 12.1 Å². The molecule has 4 heterocycles. The Labute approximate surface area is 232 Å². The quantitative estimate of drug-likeness (QED) is 0.517. The second kappa shape index (κ2) is 12.3. The molecule has 210 valence electrons. The second-order valence-corrected chi connectivity index (χ2v) is 10.4. The van der Waals surface area contributed by atoms with Crippen LogP contribution in [0.25, 0.3) is 0 Å². The number of hydrogen-bond acceptors (Lipinski definition) is 6. The molecule has 0 saturated carbocycles. The van der Waals surface area contributed by atoms with Crippen molar-refractivity contribution in [2.24, 2.45) is 0 Å². The highest BCUT2D eigenvalue weighted by Crippen LogP contribution is 2.23. The molecule has 1 saturated heterocycles. The summed E-state index contributed by atoms with van der Waals surface area (Å²) in [5, 5.41) is 7.82. The topological polar surface area (TPSA) is 133 Å². The summed E-state index contributed by atoms with van der Waals surface area (Å²) in [6.45, 7) is 3.37. The number of carbonyl (C=O) groups is 3. The summed E-state index contributed by atoms with van der Waals surface area (Å²) in [6, 6.07) is 11.7. The van der Waals surface area contributed by atoms with E-state index in [9.17, 15) is 19.2 Å². The third-order valence-corrected chi connectivity index (χ3v) is 7.56. The van der Waals surface area contributed by atoms with Crippen LogP contribution in [0, 0.1) is 6.92 Å². The fourth-order valence-corrected chi connectivity index (χ4v) is 5.54. The number of piperidine rings is 1. The molecule has 0 spiro atoms. The molecule has 1 fully saturated rings. The van der Waals surface area contributed by atoms with E-state index in [0.29, 0.717) is 62.7 Å². The average molecular weight is 546 g/mol. The lowest BCUT2D eigenvalue weighted by atomic mass is 9.99. The molecule has 0 bridgehead atoms. The largest absolute Gasteiger partial charge is 0.344 e. The van der Waals surface area contributed by atoms with Gasteiger partial charge in [0.1, 0.15) is 17.7 Å². The number of H-pyrrole nitrogens is 1. The maximum Gasteiger partial charge on any atom is 0.255 e. The Morgan fingerprint density at radius 1 is 0.975 bits per heavy atom. The molecule has 11 heteroatoms. The van der Waals surface area contributed by atoms with E-state index in [-0.39, 0.29) is 29.7 Å². The minimum atomic E-state index is -0.543. The number of nitrogens with zero attached hydrogens (tertiary/aromatic N) is 5. The van der Waals surface area contributed by atoms with E-state index in [0.717, 1.165) is 18.4 Å². The van der Waals surface area contributed by atoms with E-state index in [2.05, 4.69) is 15.4 Å². The van der Waals surface area contributed by atoms with Gasteiger partial charge in [-0.1, -0.05) is 30.3 Å². The van der Waals surface area contributed by atoms with Gasteiger partial charge in [-0.25, -0.2) is 9.67 Å². The van der Waals surface area contributed by atoms with E-state index in [1.54, 1.807) is 21.4 Å². The van der Waals surface area contributed by atoms with Gasteiger partial charge in [-0.3, -0.25) is 19.2 Å². The highest BCUT2D eigenvalue weighted by molar-refractivity contribution is 5.94. The molecule has 2 atom stereocenters. The molecule has 0 aliphatic carbocycles. The lowest BCUT2D eigenvalue weighted by Crippen LogP contribution is -2.53. The average Bonchev–Trinajstić information content (AvgIpc) is 3.34. The Morgan fingerprint density at radius 3 is 2.58 bits per heavy atom. The minimum absolute atomic E-state index is 0.0769. The summed E-state index contributed by atoms with van der Waals surface area (Å²) in [5.74, 6) is 0.691. The number of nitrogens with one attached hydrogen (secondary N) is 2. The maximum atomic E-state index is 13.7. The molecule has 40 heavy (non-hydrogen) atoms. The first-order chi connectivity index (χ1) is 19.4. The number of aryl methyl sites for hydroxylation is 1. The second-order valence-electron chi connectivity index (χ2n) is 10.4. The Kier molecular flexibility index (Phi) is 8.37. The Hall–Kier alpha value is -4.28. The summed E-state index contributed by atoms with van der Waals surface area (Å²) in [7, 11) is 0. The molecule has 2 N–H and O–H groups in total. The molecule has 2 aliphatic rings. The smallest absolute Gasteiger partial charge is 0.255 e. The minimum Gasteiger partial charge on any atom is -0.344 e. The van der Waals surface area contributed by atoms with Gasteiger partial charge >= 0.3 is 0 Å². The molecule has 3 aromatic rings. The van der Waals surface area contributed by atoms with Gasteiger partial charge in [0, 0.05) is 38.3 Å². The van der Waals surface area contributed by atoms with Crippen LogP contribution in [0.5, 0.6) is 0 Å². The van der Waals surface area contributed by atoms with Crippen LogP contribution in [-0.4, -0.2) is 72.9 Å². The molecule has 3 amide bonds. The molecule has 11 nitrogen and oxygen atoms in total. The van der Waals surface area contributed by atoms with Gasteiger partial charge in [-0.2, -0.15) is 5.10 Å². The molecule has 2 aliphatic heterocycles. The zero-order valence-corrected chi connectivity index (χ0v) is 22.7. The first kappa shape index (κ1) is 27.3. The summed E-state index contributed by atoms with van der Waals surface area (Å²) in [4.78, 5) is 62.6. The number of carbonyl (C=O) groups excluding carboxylic acids is 3. The summed E-state index contributed by atoms with van der Waals surface area (Å²) >= 11 is 0. The van der Waals surface area contributed by atoms with Crippen molar-refractivity contribution in [3.63, 3.8) is 0 Å². The van der Waals surface area contributed by atoms with E-state index in [4.69, 9.17) is 4.98 Å². The van der Waals surface area contributed by atoms with Gasteiger partial charge in [0.2, 0.25) is 17.4 Å².